The van der Waals surface area contributed by atoms with Gasteiger partial charge in [-0.3, -0.25) is 4.90 Å². The first-order chi connectivity index (χ1) is 9.72. The molecule has 0 saturated carbocycles. The number of benzene rings is 1. The van der Waals surface area contributed by atoms with Crippen LogP contribution in [-0.4, -0.2) is 61.8 Å². The van der Waals surface area contributed by atoms with Gasteiger partial charge >= 0.3 is 0 Å². The zero-order chi connectivity index (χ0) is 13.9. The summed E-state index contributed by atoms with van der Waals surface area (Å²) in [7, 11) is 0. The van der Waals surface area contributed by atoms with Crippen LogP contribution in [0, 0.1) is 11.6 Å². The minimum atomic E-state index is -0.776. The van der Waals surface area contributed by atoms with Gasteiger partial charge in [-0.05, 0) is 24.1 Å². The van der Waals surface area contributed by atoms with Gasteiger partial charge in [0.1, 0.15) is 0 Å². The highest BCUT2D eigenvalue weighted by molar-refractivity contribution is 5.18. The zero-order valence-electron chi connectivity index (χ0n) is 11.5. The average molecular weight is 282 g/mol. The molecule has 3 nitrogen and oxygen atoms in total. The molecule has 0 bridgehead atoms. The molecule has 0 radical (unpaired) electrons. The number of hydrogen-bond donors (Lipinski definition) is 0. The molecule has 0 amide bonds. The van der Waals surface area contributed by atoms with E-state index in [1.54, 1.807) is 6.07 Å². The lowest BCUT2D eigenvalue weighted by Crippen LogP contribution is -2.58. The molecule has 2 aliphatic rings. The summed E-state index contributed by atoms with van der Waals surface area (Å²) in [5.74, 6) is -1.53. The van der Waals surface area contributed by atoms with E-state index in [4.69, 9.17) is 4.74 Å². The SMILES string of the molecule is Fc1ccc(CCN2CCN3CCOCC3C2)cc1F. The maximum absolute atomic E-state index is 13.2. The van der Waals surface area contributed by atoms with Gasteiger partial charge in [-0.1, -0.05) is 6.07 Å². The van der Waals surface area contributed by atoms with E-state index in [9.17, 15) is 8.78 Å². The molecule has 110 valence electrons. The van der Waals surface area contributed by atoms with Gasteiger partial charge in [-0.15, -0.1) is 0 Å². The maximum Gasteiger partial charge on any atom is 0.159 e. The second-order valence-electron chi connectivity index (χ2n) is 5.56. The average Bonchev–Trinajstić information content (AvgIpc) is 2.48. The highest BCUT2D eigenvalue weighted by Crippen LogP contribution is 2.15. The Labute approximate surface area is 118 Å². The minimum Gasteiger partial charge on any atom is -0.378 e. The van der Waals surface area contributed by atoms with Crippen LogP contribution in [0.1, 0.15) is 5.56 Å². The van der Waals surface area contributed by atoms with Crippen molar-refractivity contribution in [2.24, 2.45) is 0 Å². The van der Waals surface area contributed by atoms with Crippen LogP contribution in [0.2, 0.25) is 0 Å². The third-order valence-electron chi connectivity index (χ3n) is 4.22. The molecule has 2 saturated heterocycles. The fourth-order valence-corrected chi connectivity index (χ4v) is 3.00. The third kappa shape index (κ3) is 3.16. The standard InChI is InChI=1S/C15H20F2N2O/c16-14-2-1-12(9-15(14)17)3-4-18-5-6-19-7-8-20-11-13(19)10-18/h1-2,9,13H,3-8,10-11H2. The van der Waals surface area contributed by atoms with Crippen molar-refractivity contribution in [2.45, 2.75) is 12.5 Å². The first-order valence-electron chi connectivity index (χ1n) is 7.20. The fourth-order valence-electron chi connectivity index (χ4n) is 3.00. The highest BCUT2D eigenvalue weighted by Gasteiger charge is 2.29. The molecule has 1 aromatic carbocycles. The Kier molecular flexibility index (Phi) is 4.29. The Hall–Kier alpha value is -1.04. The Balaban J connectivity index is 1.52. The molecule has 1 aromatic rings. The van der Waals surface area contributed by atoms with E-state index in [-0.39, 0.29) is 0 Å². The quantitative estimate of drug-likeness (QED) is 0.836. The minimum absolute atomic E-state index is 0.488. The summed E-state index contributed by atoms with van der Waals surface area (Å²) in [6, 6.07) is 4.66. The van der Waals surface area contributed by atoms with Crippen molar-refractivity contribution in [3.8, 4) is 0 Å². The first-order valence-corrected chi connectivity index (χ1v) is 7.20. The number of rotatable bonds is 3. The molecule has 2 aliphatic heterocycles. The number of hydrogen-bond acceptors (Lipinski definition) is 3. The molecule has 0 aliphatic carbocycles. The van der Waals surface area contributed by atoms with Crippen molar-refractivity contribution in [3.63, 3.8) is 0 Å². The van der Waals surface area contributed by atoms with E-state index >= 15 is 0 Å². The number of nitrogens with zero attached hydrogens (tertiary/aromatic N) is 2. The Bertz CT molecular complexity index is 469. The topological polar surface area (TPSA) is 15.7 Å². The smallest absolute Gasteiger partial charge is 0.159 e. The lowest BCUT2D eigenvalue weighted by Gasteiger charge is -2.43. The summed E-state index contributed by atoms with van der Waals surface area (Å²) >= 11 is 0. The summed E-state index contributed by atoms with van der Waals surface area (Å²) in [5.41, 5.74) is 0.853. The van der Waals surface area contributed by atoms with E-state index in [1.807, 2.05) is 0 Å². The van der Waals surface area contributed by atoms with Crippen molar-refractivity contribution < 1.29 is 13.5 Å². The molecular formula is C15H20F2N2O. The number of fused-ring (bicyclic) bond motifs is 1. The highest BCUT2D eigenvalue weighted by atomic mass is 19.2. The van der Waals surface area contributed by atoms with Crippen molar-refractivity contribution in [1.82, 2.24) is 9.80 Å². The third-order valence-corrected chi connectivity index (χ3v) is 4.22. The van der Waals surface area contributed by atoms with E-state index in [0.29, 0.717) is 6.04 Å². The molecular weight excluding hydrogens is 262 g/mol. The molecule has 1 atom stereocenters. The predicted octanol–water partition coefficient (Wildman–Crippen LogP) is 1.52. The lowest BCUT2D eigenvalue weighted by molar-refractivity contribution is -0.0442. The molecule has 3 rings (SSSR count). The van der Waals surface area contributed by atoms with Crippen LogP contribution in [0.3, 0.4) is 0 Å². The summed E-state index contributed by atoms with van der Waals surface area (Å²) in [6.07, 6.45) is 0.755. The van der Waals surface area contributed by atoms with Crippen LogP contribution < -0.4 is 0 Å². The van der Waals surface area contributed by atoms with Gasteiger partial charge in [0, 0.05) is 38.8 Å². The molecule has 1 unspecified atom stereocenters. The van der Waals surface area contributed by atoms with Gasteiger partial charge in [0.2, 0.25) is 0 Å². The number of piperazine rings is 1. The van der Waals surface area contributed by atoms with Crippen molar-refractivity contribution >= 4 is 0 Å². The summed E-state index contributed by atoms with van der Waals surface area (Å²) in [6.45, 7) is 6.68. The molecule has 0 aromatic heterocycles. The molecule has 5 heteroatoms. The summed E-state index contributed by atoms with van der Waals surface area (Å²) in [4.78, 5) is 4.87. The van der Waals surface area contributed by atoms with Crippen LogP contribution in [-0.2, 0) is 11.2 Å². The lowest BCUT2D eigenvalue weighted by atomic mass is 10.1. The van der Waals surface area contributed by atoms with E-state index < -0.39 is 11.6 Å². The van der Waals surface area contributed by atoms with E-state index in [2.05, 4.69) is 9.80 Å². The van der Waals surface area contributed by atoms with E-state index in [0.717, 1.165) is 57.9 Å². The van der Waals surface area contributed by atoms with Crippen LogP contribution >= 0.6 is 0 Å². The van der Waals surface area contributed by atoms with Crippen LogP contribution in [0.15, 0.2) is 18.2 Å². The van der Waals surface area contributed by atoms with Crippen LogP contribution in [0.5, 0.6) is 0 Å². The predicted molar refractivity (Wildman–Crippen MR) is 72.7 cm³/mol. The van der Waals surface area contributed by atoms with Crippen molar-refractivity contribution in [2.75, 3.05) is 45.9 Å². The monoisotopic (exact) mass is 282 g/mol. The summed E-state index contributed by atoms with van der Waals surface area (Å²) in [5, 5.41) is 0. The Morgan fingerprint density at radius 2 is 2.05 bits per heavy atom. The normalized spacial score (nSPS) is 24.6. The second-order valence-corrected chi connectivity index (χ2v) is 5.56. The number of morpholine rings is 1. The van der Waals surface area contributed by atoms with Gasteiger partial charge in [-0.2, -0.15) is 0 Å². The zero-order valence-corrected chi connectivity index (χ0v) is 11.5. The van der Waals surface area contributed by atoms with Gasteiger partial charge in [0.05, 0.1) is 13.2 Å². The maximum atomic E-state index is 13.2. The fraction of sp³-hybridized carbons (Fsp3) is 0.600. The second kappa shape index (κ2) is 6.16. The van der Waals surface area contributed by atoms with Crippen LogP contribution in [0.25, 0.3) is 0 Å². The molecule has 20 heavy (non-hydrogen) atoms. The molecule has 0 N–H and O–H groups in total. The van der Waals surface area contributed by atoms with Crippen molar-refractivity contribution in [3.05, 3.63) is 35.4 Å². The molecule has 0 spiro atoms. The Morgan fingerprint density at radius 1 is 1.15 bits per heavy atom. The Morgan fingerprint density at radius 3 is 2.90 bits per heavy atom. The summed E-state index contributed by atoms with van der Waals surface area (Å²) < 4.78 is 31.5. The van der Waals surface area contributed by atoms with Gasteiger partial charge in [0.15, 0.2) is 11.6 Å². The van der Waals surface area contributed by atoms with E-state index in [1.165, 1.54) is 12.1 Å². The van der Waals surface area contributed by atoms with Gasteiger partial charge in [0.25, 0.3) is 0 Å². The number of ether oxygens (including phenoxy) is 1. The van der Waals surface area contributed by atoms with Gasteiger partial charge < -0.3 is 9.64 Å². The molecule has 2 heterocycles. The largest absolute Gasteiger partial charge is 0.378 e. The van der Waals surface area contributed by atoms with Crippen LogP contribution in [0.4, 0.5) is 8.78 Å². The number of halogens is 2. The first kappa shape index (κ1) is 13.9. The van der Waals surface area contributed by atoms with Crippen molar-refractivity contribution in [1.29, 1.82) is 0 Å². The molecule has 2 fully saturated rings. The van der Waals surface area contributed by atoms with Gasteiger partial charge in [-0.25, -0.2) is 8.78 Å².